The predicted octanol–water partition coefficient (Wildman–Crippen LogP) is 1.83. The first-order chi connectivity index (χ1) is 5.25. The van der Waals surface area contributed by atoms with Gasteiger partial charge in [-0.25, -0.2) is 0 Å². The van der Waals surface area contributed by atoms with E-state index in [0.29, 0.717) is 13.2 Å². The molecule has 0 aliphatic rings. The van der Waals surface area contributed by atoms with Crippen molar-refractivity contribution in [3.05, 3.63) is 17.0 Å². The first kappa shape index (κ1) is 8.27. The Bertz CT molecular complexity index is 230. The van der Waals surface area contributed by atoms with E-state index in [1.165, 1.54) is 0 Å². The van der Waals surface area contributed by atoms with Crippen molar-refractivity contribution in [1.29, 1.82) is 0 Å². The molecule has 3 nitrogen and oxygen atoms in total. The van der Waals surface area contributed by atoms with E-state index in [4.69, 9.17) is 9.26 Å². The van der Waals surface area contributed by atoms with Crippen molar-refractivity contribution >= 4 is 0 Å². The molecule has 0 saturated carbocycles. The summed E-state index contributed by atoms with van der Waals surface area (Å²) in [4.78, 5) is 0. The second-order valence-corrected chi connectivity index (χ2v) is 2.45. The Labute approximate surface area is 66.3 Å². The van der Waals surface area contributed by atoms with Crippen LogP contribution >= 0.6 is 0 Å². The van der Waals surface area contributed by atoms with Gasteiger partial charge in [0.25, 0.3) is 0 Å². The molecule has 62 valence electrons. The summed E-state index contributed by atoms with van der Waals surface area (Å²) in [5, 5.41) is 3.85. The highest BCUT2D eigenvalue weighted by molar-refractivity contribution is 5.18. The highest BCUT2D eigenvalue weighted by Crippen LogP contribution is 2.11. The third kappa shape index (κ3) is 1.80. The topological polar surface area (TPSA) is 35.3 Å². The summed E-state index contributed by atoms with van der Waals surface area (Å²) in [6, 6.07) is 0. The number of hydrogen-bond acceptors (Lipinski definition) is 3. The molecule has 0 aliphatic carbocycles. The molecule has 1 aromatic heterocycles. The Morgan fingerprint density at radius 2 is 2.18 bits per heavy atom. The van der Waals surface area contributed by atoms with Gasteiger partial charge >= 0.3 is 0 Å². The Balaban J connectivity index is 2.63. The Kier molecular flexibility index (Phi) is 2.65. The van der Waals surface area contributed by atoms with Gasteiger partial charge in [0.05, 0.1) is 6.61 Å². The summed E-state index contributed by atoms with van der Waals surface area (Å²) >= 11 is 0. The molecule has 1 heterocycles. The van der Waals surface area contributed by atoms with Gasteiger partial charge in [0, 0.05) is 12.2 Å². The first-order valence-electron chi connectivity index (χ1n) is 3.75. The molecule has 0 N–H and O–H groups in total. The highest BCUT2D eigenvalue weighted by atomic mass is 16.5. The lowest BCUT2D eigenvalue weighted by molar-refractivity contribution is 0.128. The summed E-state index contributed by atoms with van der Waals surface area (Å²) in [6.07, 6.45) is 0. The van der Waals surface area contributed by atoms with Crippen LogP contribution in [0.5, 0.6) is 0 Å². The van der Waals surface area contributed by atoms with Crippen molar-refractivity contribution < 1.29 is 9.26 Å². The molecule has 0 radical (unpaired) electrons. The number of aryl methyl sites for hydroxylation is 1. The zero-order chi connectivity index (χ0) is 8.27. The molecule has 0 aromatic carbocycles. The summed E-state index contributed by atoms with van der Waals surface area (Å²) in [5.41, 5.74) is 2.00. The summed E-state index contributed by atoms with van der Waals surface area (Å²) < 4.78 is 10.2. The van der Waals surface area contributed by atoms with Gasteiger partial charge in [-0.3, -0.25) is 0 Å². The van der Waals surface area contributed by atoms with Gasteiger partial charge in [0.2, 0.25) is 0 Å². The zero-order valence-electron chi connectivity index (χ0n) is 7.18. The maximum atomic E-state index is 5.19. The minimum absolute atomic E-state index is 0.555. The van der Waals surface area contributed by atoms with Gasteiger partial charge < -0.3 is 9.26 Å². The average Bonchev–Trinajstić information content (AvgIpc) is 2.31. The van der Waals surface area contributed by atoms with Crippen molar-refractivity contribution in [3.8, 4) is 0 Å². The number of aromatic nitrogens is 1. The largest absolute Gasteiger partial charge is 0.375 e. The molecule has 1 rings (SSSR count). The van der Waals surface area contributed by atoms with Crippen LogP contribution < -0.4 is 0 Å². The monoisotopic (exact) mass is 155 g/mol. The van der Waals surface area contributed by atoms with Crippen LogP contribution in [-0.2, 0) is 11.3 Å². The Hall–Kier alpha value is -0.830. The van der Waals surface area contributed by atoms with Crippen LogP contribution in [0, 0.1) is 13.8 Å². The van der Waals surface area contributed by atoms with E-state index in [-0.39, 0.29) is 0 Å². The maximum absolute atomic E-state index is 5.19. The van der Waals surface area contributed by atoms with Crippen LogP contribution in [0.2, 0.25) is 0 Å². The molecule has 0 amide bonds. The molecule has 0 spiro atoms. The summed E-state index contributed by atoms with van der Waals surface area (Å²) in [6.45, 7) is 7.12. The Morgan fingerprint density at radius 1 is 1.45 bits per heavy atom. The standard InChI is InChI=1S/C8H13NO2/c1-4-10-5-8-6(2)7(3)11-9-8/h4-5H2,1-3H3. The fourth-order valence-corrected chi connectivity index (χ4v) is 0.797. The van der Waals surface area contributed by atoms with E-state index in [1.807, 2.05) is 20.8 Å². The SMILES string of the molecule is CCOCc1noc(C)c1C. The van der Waals surface area contributed by atoms with Gasteiger partial charge in [-0.2, -0.15) is 0 Å². The van der Waals surface area contributed by atoms with Crippen LogP contribution in [-0.4, -0.2) is 11.8 Å². The average molecular weight is 155 g/mol. The third-order valence-electron chi connectivity index (χ3n) is 1.70. The molecule has 3 heteroatoms. The van der Waals surface area contributed by atoms with E-state index >= 15 is 0 Å². The first-order valence-corrected chi connectivity index (χ1v) is 3.75. The smallest absolute Gasteiger partial charge is 0.136 e. The van der Waals surface area contributed by atoms with E-state index in [1.54, 1.807) is 0 Å². The number of nitrogens with zero attached hydrogens (tertiary/aromatic N) is 1. The summed E-state index contributed by atoms with van der Waals surface area (Å²) in [7, 11) is 0. The predicted molar refractivity (Wildman–Crippen MR) is 41.3 cm³/mol. The van der Waals surface area contributed by atoms with Crippen molar-refractivity contribution in [1.82, 2.24) is 5.16 Å². The van der Waals surface area contributed by atoms with Gasteiger partial charge in [-0.05, 0) is 20.8 Å². The molecule has 0 unspecified atom stereocenters. The van der Waals surface area contributed by atoms with Crippen LogP contribution in [0.1, 0.15) is 23.9 Å². The molecule has 0 saturated heterocycles. The van der Waals surface area contributed by atoms with Gasteiger partial charge in [0.15, 0.2) is 0 Å². The number of hydrogen-bond donors (Lipinski definition) is 0. The lowest BCUT2D eigenvalue weighted by atomic mass is 10.2. The molecule has 0 fully saturated rings. The van der Waals surface area contributed by atoms with Crippen LogP contribution in [0.3, 0.4) is 0 Å². The minimum Gasteiger partial charge on any atom is -0.375 e. The van der Waals surface area contributed by atoms with Gasteiger partial charge in [-0.1, -0.05) is 5.16 Å². The molecular formula is C8H13NO2. The molecule has 0 aliphatic heterocycles. The van der Waals surface area contributed by atoms with Crippen LogP contribution in [0.15, 0.2) is 4.52 Å². The normalized spacial score (nSPS) is 10.5. The molecular weight excluding hydrogens is 142 g/mol. The second-order valence-electron chi connectivity index (χ2n) is 2.45. The van der Waals surface area contributed by atoms with Crippen molar-refractivity contribution in [2.24, 2.45) is 0 Å². The molecule has 11 heavy (non-hydrogen) atoms. The number of ether oxygens (including phenoxy) is 1. The Morgan fingerprint density at radius 3 is 2.64 bits per heavy atom. The quantitative estimate of drug-likeness (QED) is 0.668. The lowest BCUT2D eigenvalue weighted by Crippen LogP contribution is -1.93. The zero-order valence-corrected chi connectivity index (χ0v) is 7.18. The third-order valence-corrected chi connectivity index (χ3v) is 1.70. The fourth-order valence-electron chi connectivity index (χ4n) is 0.797. The van der Waals surface area contributed by atoms with Gasteiger partial charge in [-0.15, -0.1) is 0 Å². The van der Waals surface area contributed by atoms with E-state index < -0.39 is 0 Å². The molecule has 0 atom stereocenters. The van der Waals surface area contributed by atoms with Crippen molar-refractivity contribution in [2.45, 2.75) is 27.4 Å². The number of rotatable bonds is 3. The highest BCUT2D eigenvalue weighted by Gasteiger charge is 2.06. The lowest BCUT2D eigenvalue weighted by Gasteiger charge is -1.95. The van der Waals surface area contributed by atoms with E-state index in [2.05, 4.69) is 5.16 Å². The maximum Gasteiger partial charge on any atom is 0.136 e. The van der Waals surface area contributed by atoms with Crippen LogP contribution in [0.4, 0.5) is 0 Å². The molecule has 1 aromatic rings. The van der Waals surface area contributed by atoms with E-state index in [9.17, 15) is 0 Å². The molecule has 0 bridgehead atoms. The second kappa shape index (κ2) is 3.53. The summed E-state index contributed by atoms with van der Waals surface area (Å²) in [5.74, 6) is 0.875. The van der Waals surface area contributed by atoms with Crippen LogP contribution in [0.25, 0.3) is 0 Å². The minimum atomic E-state index is 0.555. The van der Waals surface area contributed by atoms with Gasteiger partial charge in [0.1, 0.15) is 11.5 Å². The van der Waals surface area contributed by atoms with E-state index in [0.717, 1.165) is 17.0 Å². The fraction of sp³-hybridized carbons (Fsp3) is 0.625. The van der Waals surface area contributed by atoms with Crippen molar-refractivity contribution in [3.63, 3.8) is 0 Å². The van der Waals surface area contributed by atoms with Crippen molar-refractivity contribution in [2.75, 3.05) is 6.61 Å².